The van der Waals surface area contributed by atoms with Gasteiger partial charge in [0.2, 0.25) is 5.91 Å². The first-order chi connectivity index (χ1) is 10.9. The van der Waals surface area contributed by atoms with E-state index in [-0.39, 0.29) is 29.6 Å². The Balaban J connectivity index is 0. The fraction of sp³-hybridized carbons (Fsp3) is 0.824. The van der Waals surface area contributed by atoms with Gasteiger partial charge >= 0.3 is 29.6 Å². The van der Waals surface area contributed by atoms with Gasteiger partial charge in [0.05, 0.1) is 5.75 Å². The van der Waals surface area contributed by atoms with Gasteiger partial charge in [0.15, 0.2) is 0 Å². The molecule has 0 rings (SSSR count). The molecule has 1 unspecified atom stereocenters. The molecule has 1 atom stereocenters. The van der Waals surface area contributed by atoms with Gasteiger partial charge in [-0.05, 0) is 12.5 Å². The molecular formula is C17H34NNaO4S. The SMILES string of the molecule is C=CC(=O)NC(CCCCCCCCCCCC)CS(=O)(=O)O.[NaH]. The van der Waals surface area contributed by atoms with E-state index in [1.807, 2.05) is 0 Å². The summed E-state index contributed by atoms with van der Waals surface area (Å²) in [5, 5.41) is 2.56. The molecule has 2 N–H and O–H groups in total. The van der Waals surface area contributed by atoms with E-state index in [0.717, 1.165) is 25.3 Å². The van der Waals surface area contributed by atoms with Crippen LogP contribution in [0.15, 0.2) is 12.7 Å². The predicted molar refractivity (Wildman–Crippen MR) is 102 cm³/mol. The predicted octanol–water partition coefficient (Wildman–Crippen LogP) is 3.21. The molecule has 0 saturated heterocycles. The molecule has 5 nitrogen and oxygen atoms in total. The molecule has 0 radical (unpaired) electrons. The number of carbonyl (C=O) groups excluding carboxylic acids is 1. The first kappa shape index (κ1) is 26.4. The Morgan fingerprint density at radius 2 is 1.50 bits per heavy atom. The van der Waals surface area contributed by atoms with Crippen molar-refractivity contribution in [2.45, 2.75) is 83.6 Å². The summed E-state index contributed by atoms with van der Waals surface area (Å²) in [6, 6.07) is -0.551. The summed E-state index contributed by atoms with van der Waals surface area (Å²) in [4.78, 5) is 11.3. The van der Waals surface area contributed by atoms with Gasteiger partial charge in [0, 0.05) is 6.04 Å². The van der Waals surface area contributed by atoms with Crippen molar-refractivity contribution in [1.29, 1.82) is 0 Å². The van der Waals surface area contributed by atoms with Crippen LogP contribution in [0.5, 0.6) is 0 Å². The van der Waals surface area contributed by atoms with Crippen molar-refractivity contribution in [2.75, 3.05) is 5.75 Å². The van der Waals surface area contributed by atoms with Crippen LogP contribution in [0, 0.1) is 0 Å². The van der Waals surface area contributed by atoms with E-state index >= 15 is 0 Å². The number of carbonyl (C=O) groups is 1. The minimum absolute atomic E-state index is 0. The fourth-order valence-electron chi connectivity index (χ4n) is 2.59. The summed E-state index contributed by atoms with van der Waals surface area (Å²) in [5.41, 5.74) is 0. The van der Waals surface area contributed by atoms with Crippen LogP contribution in [0.3, 0.4) is 0 Å². The van der Waals surface area contributed by atoms with E-state index in [9.17, 15) is 13.2 Å². The first-order valence-electron chi connectivity index (χ1n) is 8.77. The zero-order valence-electron chi connectivity index (χ0n) is 14.4. The maximum absolute atomic E-state index is 11.3. The van der Waals surface area contributed by atoms with Gasteiger partial charge in [-0.25, -0.2) is 0 Å². The monoisotopic (exact) mass is 371 g/mol. The molecule has 138 valence electrons. The Labute approximate surface area is 170 Å². The number of hydrogen-bond acceptors (Lipinski definition) is 3. The Hall–Kier alpha value is 0.120. The van der Waals surface area contributed by atoms with Gasteiger partial charge in [0.25, 0.3) is 10.1 Å². The van der Waals surface area contributed by atoms with E-state index < -0.39 is 27.8 Å². The van der Waals surface area contributed by atoms with Crippen molar-refractivity contribution in [3.8, 4) is 0 Å². The molecule has 0 fully saturated rings. The van der Waals surface area contributed by atoms with Gasteiger partial charge in [-0.3, -0.25) is 9.35 Å². The standard InChI is InChI=1S/C17H33NO4S.Na.H/c1-3-5-6-7-8-9-10-11-12-13-14-16(15-23(20,21)22)18-17(19)4-2;;/h4,16H,2-3,5-15H2,1H3,(H,18,19)(H,20,21,22);;. The van der Waals surface area contributed by atoms with Crippen LogP contribution in [-0.4, -0.2) is 60.2 Å². The summed E-state index contributed by atoms with van der Waals surface area (Å²) in [6.07, 6.45) is 13.6. The third-order valence-corrected chi connectivity index (χ3v) is 4.67. The third kappa shape index (κ3) is 18.5. The van der Waals surface area contributed by atoms with E-state index in [1.54, 1.807) is 0 Å². The second-order valence-corrected chi connectivity index (χ2v) is 7.63. The summed E-state index contributed by atoms with van der Waals surface area (Å²) >= 11 is 0. The quantitative estimate of drug-likeness (QED) is 0.200. The molecule has 24 heavy (non-hydrogen) atoms. The molecular weight excluding hydrogens is 337 g/mol. The zero-order valence-corrected chi connectivity index (χ0v) is 15.2. The Morgan fingerprint density at radius 3 is 1.92 bits per heavy atom. The van der Waals surface area contributed by atoms with Crippen molar-refractivity contribution in [1.82, 2.24) is 5.32 Å². The van der Waals surface area contributed by atoms with Crippen LogP contribution in [0.4, 0.5) is 0 Å². The molecule has 1 amide bonds. The van der Waals surface area contributed by atoms with E-state index in [1.165, 1.54) is 44.9 Å². The van der Waals surface area contributed by atoms with Crippen LogP contribution in [-0.2, 0) is 14.9 Å². The van der Waals surface area contributed by atoms with Crippen molar-refractivity contribution in [3.63, 3.8) is 0 Å². The maximum atomic E-state index is 11.3. The van der Waals surface area contributed by atoms with Gasteiger partial charge in [0.1, 0.15) is 0 Å². The molecule has 0 aromatic heterocycles. The summed E-state index contributed by atoms with van der Waals surface area (Å²) < 4.78 is 30.9. The van der Waals surface area contributed by atoms with E-state index in [0.29, 0.717) is 6.42 Å². The number of amides is 1. The van der Waals surface area contributed by atoms with Crippen molar-refractivity contribution in [2.24, 2.45) is 0 Å². The molecule has 7 heteroatoms. The molecule has 0 spiro atoms. The Morgan fingerprint density at radius 1 is 1.04 bits per heavy atom. The van der Waals surface area contributed by atoms with Gasteiger partial charge in [-0.2, -0.15) is 8.42 Å². The van der Waals surface area contributed by atoms with Crippen LogP contribution in [0.25, 0.3) is 0 Å². The first-order valence-corrected chi connectivity index (χ1v) is 10.4. The Bertz CT molecular complexity index is 426. The van der Waals surface area contributed by atoms with Gasteiger partial charge in [-0.1, -0.05) is 77.7 Å². The molecule has 0 aliphatic carbocycles. The molecule has 0 bridgehead atoms. The third-order valence-electron chi connectivity index (χ3n) is 3.85. The average Bonchev–Trinajstić information content (AvgIpc) is 2.47. The molecule has 0 saturated carbocycles. The van der Waals surface area contributed by atoms with Crippen LogP contribution < -0.4 is 5.32 Å². The Kier molecular flexibility index (Phi) is 18.2. The molecule has 0 aliphatic rings. The summed E-state index contributed by atoms with van der Waals surface area (Å²) in [7, 11) is -4.09. The normalized spacial score (nSPS) is 12.2. The second-order valence-electron chi connectivity index (χ2n) is 6.13. The molecule has 0 aromatic rings. The summed E-state index contributed by atoms with van der Waals surface area (Å²) in [6.45, 7) is 5.56. The van der Waals surface area contributed by atoms with Gasteiger partial charge in [-0.15, -0.1) is 0 Å². The van der Waals surface area contributed by atoms with Crippen molar-refractivity contribution < 1.29 is 17.8 Å². The van der Waals surface area contributed by atoms with Crippen LogP contribution >= 0.6 is 0 Å². The summed E-state index contributed by atoms with van der Waals surface area (Å²) in [5.74, 6) is -0.852. The van der Waals surface area contributed by atoms with Crippen molar-refractivity contribution >= 4 is 45.6 Å². The van der Waals surface area contributed by atoms with E-state index in [2.05, 4.69) is 18.8 Å². The van der Waals surface area contributed by atoms with Crippen LogP contribution in [0.2, 0.25) is 0 Å². The number of hydrogen-bond donors (Lipinski definition) is 2. The molecule has 0 heterocycles. The molecule has 0 aliphatic heterocycles. The fourth-order valence-corrected chi connectivity index (χ4v) is 3.35. The second kappa shape index (κ2) is 16.6. The molecule has 0 aromatic carbocycles. The number of unbranched alkanes of at least 4 members (excludes halogenated alkanes) is 9. The van der Waals surface area contributed by atoms with Crippen molar-refractivity contribution in [3.05, 3.63) is 12.7 Å². The van der Waals surface area contributed by atoms with Gasteiger partial charge < -0.3 is 5.32 Å². The van der Waals surface area contributed by atoms with E-state index in [4.69, 9.17) is 4.55 Å². The zero-order chi connectivity index (χ0) is 17.6. The minimum atomic E-state index is -4.09. The number of rotatable bonds is 15. The average molecular weight is 372 g/mol. The topological polar surface area (TPSA) is 83.5 Å². The van der Waals surface area contributed by atoms with Crippen LogP contribution in [0.1, 0.15) is 77.6 Å². The number of nitrogens with one attached hydrogen (secondary N) is 1.